The normalized spacial score (nSPS) is 12.4. The SMILES string of the molecule is NC(Cc1ccccc1Cl)c1ccc(I)cc1. The van der Waals surface area contributed by atoms with Crippen LogP contribution < -0.4 is 5.73 Å². The summed E-state index contributed by atoms with van der Waals surface area (Å²) < 4.78 is 1.22. The van der Waals surface area contributed by atoms with E-state index >= 15 is 0 Å². The molecule has 0 spiro atoms. The van der Waals surface area contributed by atoms with Crippen LogP contribution >= 0.6 is 34.2 Å². The van der Waals surface area contributed by atoms with Crippen LogP contribution in [0.4, 0.5) is 0 Å². The van der Waals surface area contributed by atoms with Gasteiger partial charge in [0.2, 0.25) is 0 Å². The molecule has 2 rings (SSSR count). The number of benzene rings is 2. The molecule has 1 nitrogen and oxygen atoms in total. The van der Waals surface area contributed by atoms with Crippen molar-refractivity contribution in [2.45, 2.75) is 12.5 Å². The highest BCUT2D eigenvalue weighted by Crippen LogP contribution is 2.22. The predicted octanol–water partition coefficient (Wildman–Crippen LogP) is 4.19. The summed E-state index contributed by atoms with van der Waals surface area (Å²) in [6.45, 7) is 0. The van der Waals surface area contributed by atoms with Crippen LogP contribution in [0.2, 0.25) is 5.02 Å². The zero-order chi connectivity index (χ0) is 12.3. The van der Waals surface area contributed by atoms with E-state index < -0.39 is 0 Å². The lowest BCUT2D eigenvalue weighted by molar-refractivity contribution is 0.722. The van der Waals surface area contributed by atoms with E-state index in [1.165, 1.54) is 3.57 Å². The second-order valence-electron chi connectivity index (χ2n) is 3.95. The zero-order valence-electron chi connectivity index (χ0n) is 9.24. The standard InChI is InChI=1S/C14H13ClIN/c15-13-4-2-1-3-11(13)9-14(17)10-5-7-12(16)8-6-10/h1-8,14H,9,17H2. The molecular formula is C14H13ClIN. The van der Waals surface area contributed by atoms with Gasteiger partial charge in [-0.05, 0) is 58.3 Å². The van der Waals surface area contributed by atoms with E-state index in [0.717, 1.165) is 22.6 Å². The first-order valence-electron chi connectivity index (χ1n) is 5.41. The summed E-state index contributed by atoms with van der Waals surface area (Å²) in [5.41, 5.74) is 8.43. The third kappa shape index (κ3) is 3.44. The second kappa shape index (κ2) is 5.85. The van der Waals surface area contributed by atoms with E-state index in [1.54, 1.807) is 0 Å². The van der Waals surface area contributed by atoms with E-state index in [-0.39, 0.29) is 6.04 Å². The lowest BCUT2D eigenvalue weighted by Crippen LogP contribution is -2.13. The molecule has 17 heavy (non-hydrogen) atoms. The van der Waals surface area contributed by atoms with Crippen LogP contribution in [0.1, 0.15) is 17.2 Å². The lowest BCUT2D eigenvalue weighted by Gasteiger charge is -2.13. The fourth-order valence-electron chi connectivity index (χ4n) is 1.73. The Kier molecular flexibility index (Phi) is 4.42. The van der Waals surface area contributed by atoms with Gasteiger partial charge >= 0.3 is 0 Å². The molecule has 2 aromatic rings. The van der Waals surface area contributed by atoms with Gasteiger partial charge < -0.3 is 5.73 Å². The molecule has 0 radical (unpaired) electrons. The van der Waals surface area contributed by atoms with Crippen molar-refractivity contribution in [1.82, 2.24) is 0 Å². The molecule has 0 fully saturated rings. The van der Waals surface area contributed by atoms with Gasteiger partial charge in [-0.2, -0.15) is 0 Å². The van der Waals surface area contributed by atoms with Crippen LogP contribution in [0, 0.1) is 3.57 Å². The fraction of sp³-hybridized carbons (Fsp3) is 0.143. The van der Waals surface area contributed by atoms with E-state index in [2.05, 4.69) is 46.9 Å². The quantitative estimate of drug-likeness (QED) is 0.819. The Labute approximate surface area is 120 Å². The van der Waals surface area contributed by atoms with Crippen molar-refractivity contribution in [2.24, 2.45) is 5.73 Å². The Hall–Kier alpha value is -0.580. The van der Waals surface area contributed by atoms with Crippen molar-refractivity contribution >= 4 is 34.2 Å². The van der Waals surface area contributed by atoms with Gasteiger partial charge in [-0.1, -0.05) is 41.9 Å². The molecule has 3 heteroatoms. The summed E-state index contributed by atoms with van der Waals surface area (Å²) >= 11 is 8.41. The maximum atomic E-state index is 6.18. The topological polar surface area (TPSA) is 26.0 Å². The van der Waals surface area contributed by atoms with Gasteiger partial charge in [0.25, 0.3) is 0 Å². The minimum absolute atomic E-state index is 0.00750. The number of hydrogen-bond acceptors (Lipinski definition) is 1. The minimum Gasteiger partial charge on any atom is -0.324 e. The summed E-state index contributed by atoms with van der Waals surface area (Å²) in [5, 5.41) is 0.786. The highest BCUT2D eigenvalue weighted by molar-refractivity contribution is 14.1. The Bertz CT molecular complexity index is 496. The van der Waals surface area contributed by atoms with Crippen LogP contribution in [-0.2, 0) is 6.42 Å². The van der Waals surface area contributed by atoms with E-state index in [0.29, 0.717) is 0 Å². The van der Waals surface area contributed by atoms with E-state index in [1.807, 2.05) is 24.3 Å². The molecule has 0 amide bonds. The van der Waals surface area contributed by atoms with Crippen molar-refractivity contribution < 1.29 is 0 Å². The van der Waals surface area contributed by atoms with Gasteiger partial charge in [0.15, 0.2) is 0 Å². The predicted molar refractivity (Wildman–Crippen MR) is 81.2 cm³/mol. The molecule has 2 aromatic carbocycles. The molecule has 0 heterocycles. The van der Waals surface area contributed by atoms with Crippen molar-refractivity contribution in [2.75, 3.05) is 0 Å². The lowest BCUT2D eigenvalue weighted by atomic mass is 10.00. The van der Waals surface area contributed by atoms with Gasteiger partial charge in [0.05, 0.1) is 0 Å². The maximum absolute atomic E-state index is 6.18. The Morgan fingerprint density at radius 3 is 2.35 bits per heavy atom. The monoisotopic (exact) mass is 357 g/mol. The molecule has 0 bridgehead atoms. The van der Waals surface area contributed by atoms with Crippen LogP contribution in [0.5, 0.6) is 0 Å². The average molecular weight is 358 g/mol. The largest absolute Gasteiger partial charge is 0.324 e. The highest BCUT2D eigenvalue weighted by Gasteiger charge is 2.08. The average Bonchev–Trinajstić information content (AvgIpc) is 2.33. The van der Waals surface area contributed by atoms with Gasteiger partial charge in [-0.3, -0.25) is 0 Å². The summed E-state index contributed by atoms with van der Waals surface area (Å²) in [6, 6.07) is 16.1. The highest BCUT2D eigenvalue weighted by atomic mass is 127. The Balaban J connectivity index is 2.14. The molecule has 0 aliphatic rings. The summed E-state index contributed by atoms with van der Waals surface area (Å²) in [4.78, 5) is 0. The first-order chi connectivity index (χ1) is 8.16. The molecule has 0 aliphatic carbocycles. The molecule has 1 unspecified atom stereocenters. The van der Waals surface area contributed by atoms with Gasteiger partial charge in [-0.15, -0.1) is 0 Å². The minimum atomic E-state index is -0.00750. The van der Waals surface area contributed by atoms with E-state index in [9.17, 15) is 0 Å². The number of halogens is 2. The van der Waals surface area contributed by atoms with E-state index in [4.69, 9.17) is 17.3 Å². The van der Waals surface area contributed by atoms with Crippen LogP contribution in [0.15, 0.2) is 48.5 Å². The Morgan fingerprint density at radius 2 is 1.71 bits per heavy atom. The number of hydrogen-bond donors (Lipinski definition) is 1. The maximum Gasteiger partial charge on any atom is 0.0438 e. The van der Waals surface area contributed by atoms with Gasteiger partial charge in [-0.25, -0.2) is 0 Å². The third-order valence-electron chi connectivity index (χ3n) is 2.70. The number of rotatable bonds is 3. The molecule has 88 valence electrons. The van der Waals surface area contributed by atoms with Crippen LogP contribution in [0.3, 0.4) is 0 Å². The van der Waals surface area contributed by atoms with Gasteiger partial charge in [0, 0.05) is 14.6 Å². The van der Waals surface area contributed by atoms with Crippen LogP contribution in [0.25, 0.3) is 0 Å². The summed E-state index contributed by atoms with van der Waals surface area (Å²) in [5.74, 6) is 0. The summed E-state index contributed by atoms with van der Waals surface area (Å²) in [7, 11) is 0. The van der Waals surface area contributed by atoms with Crippen molar-refractivity contribution in [3.05, 3.63) is 68.3 Å². The van der Waals surface area contributed by atoms with Crippen LogP contribution in [-0.4, -0.2) is 0 Å². The van der Waals surface area contributed by atoms with Crippen molar-refractivity contribution in [1.29, 1.82) is 0 Å². The fourth-order valence-corrected chi connectivity index (χ4v) is 2.30. The molecular weight excluding hydrogens is 345 g/mol. The molecule has 0 aliphatic heterocycles. The molecule has 1 atom stereocenters. The summed E-state index contributed by atoms with van der Waals surface area (Å²) in [6.07, 6.45) is 0.764. The number of nitrogens with two attached hydrogens (primary N) is 1. The Morgan fingerprint density at radius 1 is 1.06 bits per heavy atom. The third-order valence-corrected chi connectivity index (χ3v) is 3.78. The molecule has 0 saturated carbocycles. The molecule has 0 aromatic heterocycles. The zero-order valence-corrected chi connectivity index (χ0v) is 12.1. The molecule has 2 N–H and O–H groups in total. The first kappa shape index (κ1) is 12.9. The second-order valence-corrected chi connectivity index (χ2v) is 5.61. The van der Waals surface area contributed by atoms with Crippen molar-refractivity contribution in [3.63, 3.8) is 0 Å². The molecule has 0 saturated heterocycles. The van der Waals surface area contributed by atoms with Gasteiger partial charge in [0.1, 0.15) is 0 Å². The smallest absolute Gasteiger partial charge is 0.0438 e. The van der Waals surface area contributed by atoms with Crippen molar-refractivity contribution in [3.8, 4) is 0 Å². The first-order valence-corrected chi connectivity index (χ1v) is 6.87.